The average Bonchev–Trinajstić information content (AvgIpc) is 1.98. The minimum absolute atomic E-state index is 0. The van der Waals surface area contributed by atoms with Crippen LogP contribution in [0.5, 0.6) is 0 Å². The van der Waals surface area contributed by atoms with Crippen molar-refractivity contribution in [1.82, 2.24) is 0 Å². The Morgan fingerprint density at radius 3 is 1.73 bits per heavy atom. The van der Waals surface area contributed by atoms with Crippen molar-refractivity contribution in [2.24, 2.45) is 5.92 Å². The third-order valence-corrected chi connectivity index (χ3v) is 3.76. The van der Waals surface area contributed by atoms with Crippen LogP contribution in [0.25, 0.3) is 0 Å². The van der Waals surface area contributed by atoms with E-state index < -0.39 is 32.7 Å². The van der Waals surface area contributed by atoms with Gasteiger partial charge in [-0.05, 0) is 13.8 Å². The monoisotopic (exact) mass is 250 g/mol. The molecule has 0 aliphatic heterocycles. The molecule has 0 saturated carbocycles. The molecule has 0 rings (SSSR count). The van der Waals surface area contributed by atoms with Crippen molar-refractivity contribution < 1.29 is 63.8 Å². The number of hydrogen-bond acceptors (Lipinski definition) is 4. The third-order valence-electron chi connectivity index (χ3n) is 2.16. The summed E-state index contributed by atoms with van der Waals surface area (Å²) in [5, 5.41) is 17.1. The third kappa shape index (κ3) is 3.15. The van der Waals surface area contributed by atoms with Gasteiger partial charge in [0.25, 0.3) is 10.1 Å². The topological polar surface area (TPSA) is 129 Å². The number of carboxylic acids is 2. The molecule has 2 unspecified atom stereocenters. The first kappa shape index (κ1) is 17.3. The predicted octanol–water partition coefficient (Wildman–Crippen LogP) is -3.45. The van der Waals surface area contributed by atoms with Crippen LogP contribution in [0, 0.1) is 5.92 Å². The Morgan fingerprint density at radius 2 is 1.67 bits per heavy atom. The van der Waals surface area contributed by atoms with Gasteiger partial charge in [0.1, 0.15) is 0 Å². The minimum Gasteiger partial charge on any atom is -1.00 e. The zero-order valence-electron chi connectivity index (χ0n) is 9.46. The van der Waals surface area contributed by atoms with E-state index in [0.717, 1.165) is 6.92 Å². The maximum atomic E-state index is 10.8. The minimum atomic E-state index is -4.99. The van der Waals surface area contributed by atoms with E-state index in [0.29, 0.717) is 6.92 Å². The zero-order chi connectivity index (χ0) is 11.7. The van der Waals surface area contributed by atoms with Crippen LogP contribution >= 0.6 is 0 Å². The first-order valence-corrected chi connectivity index (χ1v) is 4.92. The average molecular weight is 250 g/mol. The van der Waals surface area contributed by atoms with Gasteiger partial charge < -0.3 is 11.6 Å². The first-order valence-electron chi connectivity index (χ1n) is 3.48. The molecule has 0 amide bonds. The Kier molecular flexibility index (Phi) is 6.05. The van der Waals surface area contributed by atoms with Gasteiger partial charge in [0.05, 0.1) is 5.92 Å². The Balaban J connectivity index is -0.000000845. The second kappa shape index (κ2) is 5.26. The van der Waals surface area contributed by atoms with Crippen LogP contribution in [0.15, 0.2) is 0 Å². The van der Waals surface area contributed by atoms with Crippen molar-refractivity contribution in [2.75, 3.05) is 0 Å². The number of hydrogen-bond donors (Lipinski definition) is 3. The van der Waals surface area contributed by atoms with Gasteiger partial charge in [-0.1, -0.05) is 0 Å². The fourth-order valence-electron chi connectivity index (χ4n) is 0.755. The maximum absolute atomic E-state index is 10.8. The van der Waals surface area contributed by atoms with Crippen molar-refractivity contribution in [3.8, 4) is 0 Å². The van der Waals surface area contributed by atoms with Gasteiger partial charge >= 0.3 is 41.5 Å². The molecular weight excluding hydrogens is 239 g/mol. The standard InChI is InChI=1S/C6H10O7S.Na.H/c1-3(4(7)8)6(2,5(9)10)14(11,12)13;;/h3H,1-2H3,(H,7,8)(H,9,10)(H,11,12,13);;/q;+1;-1. The van der Waals surface area contributed by atoms with Crippen molar-refractivity contribution in [3.05, 3.63) is 0 Å². The van der Waals surface area contributed by atoms with E-state index in [4.69, 9.17) is 14.8 Å². The molecule has 9 heteroatoms. The van der Waals surface area contributed by atoms with E-state index in [2.05, 4.69) is 0 Å². The molecule has 0 fully saturated rings. The Morgan fingerprint density at radius 1 is 1.33 bits per heavy atom. The van der Waals surface area contributed by atoms with Gasteiger partial charge in [0.2, 0.25) is 4.75 Å². The van der Waals surface area contributed by atoms with Crippen LogP contribution in [-0.4, -0.2) is 39.9 Å². The molecule has 15 heavy (non-hydrogen) atoms. The van der Waals surface area contributed by atoms with E-state index in [1.54, 1.807) is 0 Å². The SMILES string of the molecule is CC(C(=O)O)C(C)(C(=O)O)S(=O)(=O)O.[H-].[Na+]. The molecule has 7 nitrogen and oxygen atoms in total. The van der Waals surface area contributed by atoms with Gasteiger partial charge in [-0.15, -0.1) is 0 Å². The zero-order valence-corrected chi connectivity index (χ0v) is 11.3. The first-order chi connectivity index (χ1) is 6.05. The number of carboxylic acid groups (broad SMARTS) is 2. The molecule has 0 aromatic rings. The van der Waals surface area contributed by atoms with Crippen LogP contribution in [0.3, 0.4) is 0 Å². The summed E-state index contributed by atoms with van der Waals surface area (Å²) in [6, 6.07) is 0. The summed E-state index contributed by atoms with van der Waals surface area (Å²) in [6.07, 6.45) is 0. The molecule has 0 bridgehead atoms. The molecule has 0 heterocycles. The quantitative estimate of drug-likeness (QED) is 0.349. The number of carbonyl (C=O) groups is 2. The Labute approximate surface area is 110 Å². The molecule has 3 N–H and O–H groups in total. The molecule has 0 radical (unpaired) electrons. The largest absolute Gasteiger partial charge is 1.00 e. The summed E-state index contributed by atoms with van der Waals surface area (Å²) < 4.78 is 27.4. The normalized spacial score (nSPS) is 17.0. The molecule has 0 spiro atoms. The van der Waals surface area contributed by atoms with Gasteiger partial charge in [0, 0.05) is 0 Å². The van der Waals surface area contributed by atoms with E-state index in [1.807, 2.05) is 0 Å². The molecule has 0 aromatic heterocycles. The second-order valence-corrected chi connectivity index (χ2v) is 4.75. The molecule has 0 aliphatic carbocycles. The van der Waals surface area contributed by atoms with E-state index >= 15 is 0 Å². The molecular formula is C6H11NaO7S. The molecule has 2 atom stereocenters. The summed E-state index contributed by atoms with van der Waals surface area (Å²) in [4.78, 5) is 21.1. The Bertz CT molecular complexity index is 367. The van der Waals surface area contributed by atoms with Crippen molar-refractivity contribution in [2.45, 2.75) is 18.6 Å². The summed E-state index contributed by atoms with van der Waals surface area (Å²) >= 11 is 0. The van der Waals surface area contributed by atoms with Gasteiger partial charge in [-0.25, -0.2) is 0 Å². The maximum Gasteiger partial charge on any atom is 1.00 e. The van der Waals surface area contributed by atoms with Gasteiger partial charge in [-0.3, -0.25) is 14.1 Å². The van der Waals surface area contributed by atoms with Crippen LogP contribution in [0.1, 0.15) is 15.3 Å². The van der Waals surface area contributed by atoms with Crippen LogP contribution < -0.4 is 29.6 Å². The molecule has 0 aliphatic rings. The summed E-state index contributed by atoms with van der Waals surface area (Å²) in [7, 11) is -4.99. The van der Waals surface area contributed by atoms with Gasteiger partial charge in [-0.2, -0.15) is 8.42 Å². The van der Waals surface area contributed by atoms with Crippen molar-refractivity contribution in [1.29, 1.82) is 0 Å². The molecule has 0 aromatic carbocycles. The van der Waals surface area contributed by atoms with Crippen molar-refractivity contribution in [3.63, 3.8) is 0 Å². The number of rotatable bonds is 4. The summed E-state index contributed by atoms with van der Waals surface area (Å²) in [5.74, 6) is -5.28. The van der Waals surface area contributed by atoms with E-state index in [-0.39, 0.29) is 31.0 Å². The van der Waals surface area contributed by atoms with E-state index in [1.165, 1.54) is 0 Å². The summed E-state index contributed by atoms with van der Waals surface area (Å²) in [6.45, 7) is 1.54. The molecule has 0 saturated heterocycles. The Hall–Kier alpha value is -0.150. The fraction of sp³-hybridized carbons (Fsp3) is 0.667. The fourth-order valence-corrected chi connectivity index (χ4v) is 1.52. The summed E-state index contributed by atoms with van der Waals surface area (Å²) in [5.41, 5.74) is 0. The smallest absolute Gasteiger partial charge is 1.00 e. The van der Waals surface area contributed by atoms with Crippen LogP contribution in [0.2, 0.25) is 0 Å². The predicted molar refractivity (Wildman–Crippen MR) is 45.5 cm³/mol. The molecule has 84 valence electrons. The van der Waals surface area contributed by atoms with E-state index in [9.17, 15) is 18.0 Å². The van der Waals surface area contributed by atoms with Crippen molar-refractivity contribution >= 4 is 22.1 Å². The van der Waals surface area contributed by atoms with Crippen LogP contribution in [-0.2, 0) is 19.7 Å². The number of aliphatic carboxylic acids is 2. The van der Waals surface area contributed by atoms with Crippen LogP contribution in [0.4, 0.5) is 0 Å². The van der Waals surface area contributed by atoms with Gasteiger partial charge in [0.15, 0.2) is 0 Å². The second-order valence-electron chi connectivity index (χ2n) is 2.95.